The highest BCUT2D eigenvalue weighted by atomic mass is 32.2. The van der Waals surface area contributed by atoms with E-state index in [1.54, 1.807) is 30.9 Å². The van der Waals surface area contributed by atoms with Gasteiger partial charge in [-0.3, -0.25) is 4.68 Å². The summed E-state index contributed by atoms with van der Waals surface area (Å²) < 4.78 is 28.3. The van der Waals surface area contributed by atoms with Crippen molar-refractivity contribution in [2.45, 2.75) is 37.6 Å². The molecule has 7 heteroatoms. The fourth-order valence-electron chi connectivity index (χ4n) is 1.62. The monoisotopic (exact) mass is 272 g/mol. The Morgan fingerprint density at radius 1 is 1.56 bits per heavy atom. The van der Waals surface area contributed by atoms with E-state index in [0.29, 0.717) is 12.6 Å². The van der Waals surface area contributed by atoms with Crippen LogP contribution < -0.4 is 10.0 Å². The van der Waals surface area contributed by atoms with Gasteiger partial charge in [0.05, 0.1) is 17.5 Å². The van der Waals surface area contributed by atoms with Gasteiger partial charge in [-0.1, -0.05) is 0 Å². The number of aryl methyl sites for hydroxylation is 1. The van der Waals surface area contributed by atoms with Gasteiger partial charge in [-0.2, -0.15) is 5.10 Å². The first kappa shape index (κ1) is 13.5. The highest BCUT2D eigenvalue weighted by molar-refractivity contribution is 7.90. The SMILES string of the molecule is CC(CNC1CC1)S(=O)(=O)NCc1ccnn1C. The molecule has 18 heavy (non-hydrogen) atoms. The molecule has 2 rings (SSSR count). The fourth-order valence-corrected chi connectivity index (χ4v) is 2.57. The number of aromatic nitrogens is 2. The Bertz CT molecular complexity index is 493. The third-order valence-corrected chi connectivity index (χ3v) is 4.95. The van der Waals surface area contributed by atoms with Crippen LogP contribution in [0.2, 0.25) is 0 Å². The first-order valence-corrected chi connectivity index (χ1v) is 7.72. The van der Waals surface area contributed by atoms with Crippen molar-refractivity contribution < 1.29 is 8.42 Å². The van der Waals surface area contributed by atoms with Crippen molar-refractivity contribution in [2.24, 2.45) is 7.05 Å². The zero-order valence-electron chi connectivity index (χ0n) is 10.8. The summed E-state index contributed by atoms with van der Waals surface area (Å²) in [7, 11) is -1.48. The van der Waals surface area contributed by atoms with Crippen LogP contribution in [0.4, 0.5) is 0 Å². The molecule has 0 aromatic carbocycles. The first-order valence-electron chi connectivity index (χ1n) is 6.18. The molecular formula is C11H20N4O2S. The van der Waals surface area contributed by atoms with Crippen molar-refractivity contribution >= 4 is 10.0 Å². The molecule has 0 saturated heterocycles. The lowest BCUT2D eigenvalue weighted by atomic mass is 10.4. The van der Waals surface area contributed by atoms with Crippen LogP contribution in [-0.2, 0) is 23.6 Å². The maximum atomic E-state index is 12.0. The average Bonchev–Trinajstić information content (AvgIpc) is 3.06. The quantitative estimate of drug-likeness (QED) is 0.731. The highest BCUT2D eigenvalue weighted by Gasteiger charge is 2.25. The summed E-state index contributed by atoms with van der Waals surface area (Å²) in [5.74, 6) is 0. The second kappa shape index (κ2) is 5.38. The number of hydrogen-bond acceptors (Lipinski definition) is 4. The van der Waals surface area contributed by atoms with E-state index in [4.69, 9.17) is 0 Å². The summed E-state index contributed by atoms with van der Waals surface area (Å²) in [6.07, 6.45) is 3.98. The molecule has 0 aliphatic heterocycles. The third-order valence-electron chi connectivity index (χ3n) is 3.18. The van der Waals surface area contributed by atoms with Crippen molar-refractivity contribution in [3.63, 3.8) is 0 Å². The fraction of sp³-hybridized carbons (Fsp3) is 0.727. The molecule has 1 aliphatic rings. The molecule has 1 saturated carbocycles. The maximum Gasteiger partial charge on any atom is 0.215 e. The van der Waals surface area contributed by atoms with Crippen molar-refractivity contribution in [2.75, 3.05) is 6.54 Å². The number of nitrogens with zero attached hydrogens (tertiary/aromatic N) is 2. The molecule has 0 bridgehead atoms. The molecule has 102 valence electrons. The Balaban J connectivity index is 1.83. The molecule has 2 N–H and O–H groups in total. The molecular weight excluding hydrogens is 252 g/mol. The zero-order valence-corrected chi connectivity index (χ0v) is 11.6. The van der Waals surface area contributed by atoms with Crippen molar-refractivity contribution in [1.82, 2.24) is 19.8 Å². The van der Waals surface area contributed by atoms with Crippen molar-refractivity contribution in [3.05, 3.63) is 18.0 Å². The molecule has 1 heterocycles. The first-order chi connectivity index (χ1) is 8.49. The predicted octanol–water partition coefficient (Wildman–Crippen LogP) is -0.0200. The average molecular weight is 272 g/mol. The normalized spacial score (nSPS) is 17.9. The van der Waals surface area contributed by atoms with Gasteiger partial charge in [0.25, 0.3) is 0 Å². The summed E-state index contributed by atoms with van der Waals surface area (Å²) in [4.78, 5) is 0. The molecule has 6 nitrogen and oxygen atoms in total. The minimum absolute atomic E-state index is 0.284. The van der Waals surface area contributed by atoms with Crippen LogP contribution in [0.3, 0.4) is 0 Å². The third kappa shape index (κ3) is 3.54. The van der Waals surface area contributed by atoms with Gasteiger partial charge in [-0.05, 0) is 25.8 Å². The van der Waals surface area contributed by atoms with Gasteiger partial charge in [-0.15, -0.1) is 0 Å². The summed E-state index contributed by atoms with van der Waals surface area (Å²) >= 11 is 0. The second-order valence-electron chi connectivity index (χ2n) is 4.81. The zero-order chi connectivity index (χ0) is 13.2. The molecule has 1 atom stereocenters. The van der Waals surface area contributed by atoms with E-state index in [9.17, 15) is 8.42 Å². The highest BCUT2D eigenvalue weighted by Crippen LogP contribution is 2.18. The van der Waals surface area contributed by atoms with Gasteiger partial charge in [0.1, 0.15) is 0 Å². The largest absolute Gasteiger partial charge is 0.313 e. The lowest BCUT2D eigenvalue weighted by Gasteiger charge is -2.14. The van der Waals surface area contributed by atoms with Crippen LogP contribution in [-0.4, -0.2) is 36.0 Å². The standard InChI is InChI=1S/C11H20N4O2S/c1-9(7-12-10-3-4-10)18(16,17)14-8-11-5-6-13-15(11)2/h5-6,9-10,12,14H,3-4,7-8H2,1-2H3. The molecule has 1 aromatic heterocycles. The van der Waals surface area contributed by atoms with E-state index >= 15 is 0 Å². The molecule has 1 aromatic rings. The second-order valence-corrected chi connectivity index (χ2v) is 6.99. The predicted molar refractivity (Wildman–Crippen MR) is 69.5 cm³/mol. The van der Waals surface area contributed by atoms with Crippen LogP contribution in [0.15, 0.2) is 12.3 Å². The van der Waals surface area contributed by atoms with E-state index < -0.39 is 15.3 Å². The Morgan fingerprint density at radius 2 is 2.28 bits per heavy atom. The summed E-state index contributed by atoms with van der Waals surface area (Å²) in [5, 5.41) is 6.81. The van der Waals surface area contributed by atoms with Crippen LogP contribution >= 0.6 is 0 Å². The van der Waals surface area contributed by atoms with Crippen molar-refractivity contribution in [3.8, 4) is 0 Å². The minimum atomic E-state index is -3.27. The van der Waals surface area contributed by atoms with Gasteiger partial charge in [-0.25, -0.2) is 13.1 Å². The Labute approximate surface area is 108 Å². The van der Waals surface area contributed by atoms with Gasteiger partial charge >= 0.3 is 0 Å². The summed E-state index contributed by atoms with van der Waals surface area (Å²) in [6.45, 7) is 2.51. The maximum absolute atomic E-state index is 12.0. The van der Waals surface area contributed by atoms with E-state index in [-0.39, 0.29) is 6.54 Å². The van der Waals surface area contributed by atoms with Gasteiger partial charge < -0.3 is 5.32 Å². The molecule has 1 aliphatic carbocycles. The Kier molecular flexibility index (Phi) is 4.04. The minimum Gasteiger partial charge on any atom is -0.313 e. The topological polar surface area (TPSA) is 76.0 Å². The van der Waals surface area contributed by atoms with E-state index in [1.165, 1.54) is 0 Å². The smallest absolute Gasteiger partial charge is 0.215 e. The van der Waals surface area contributed by atoms with Gasteiger partial charge in [0.15, 0.2) is 0 Å². The number of nitrogens with one attached hydrogen (secondary N) is 2. The molecule has 0 amide bonds. The summed E-state index contributed by atoms with van der Waals surface area (Å²) in [6, 6.07) is 2.33. The molecule has 0 radical (unpaired) electrons. The van der Waals surface area contributed by atoms with E-state index in [2.05, 4.69) is 15.1 Å². The van der Waals surface area contributed by atoms with E-state index in [1.807, 2.05) is 0 Å². The van der Waals surface area contributed by atoms with Crippen LogP contribution in [0.25, 0.3) is 0 Å². The lowest BCUT2D eigenvalue weighted by Crippen LogP contribution is -2.39. The summed E-state index contributed by atoms with van der Waals surface area (Å²) in [5.41, 5.74) is 0.848. The lowest BCUT2D eigenvalue weighted by molar-refractivity contribution is 0.553. The molecule has 1 unspecified atom stereocenters. The number of hydrogen-bond donors (Lipinski definition) is 2. The Morgan fingerprint density at radius 3 is 2.83 bits per heavy atom. The molecule has 0 spiro atoms. The van der Waals surface area contributed by atoms with E-state index in [0.717, 1.165) is 18.5 Å². The molecule has 1 fully saturated rings. The number of sulfonamides is 1. The Hall–Kier alpha value is -0.920. The van der Waals surface area contributed by atoms with Crippen LogP contribution in [0.5, 0.6) is 0 Å². The van der Waals surface area contributed by atoms with Crippen molar-refractivity contribution in [1.29, 1.82) is 0 Å². The van der Waals surface area contributed by atoms with Crippen LogP contribution in [0, 0.1) is 0 Å². The van der Waals surface area contributed by atoms with Gasteiger partial charge in [0, 0.05) is 25.8 Å². The number of rotatable bonds is 7. The van der Waals surface area contributed by atoms with Gasteiger partial charge in [0.2, 0.25) is 10.0 Å². The van der Waals surface area contributed by atoms with Crippen LogP contribution in [0.1, 0.15) is 25.5 Å².